The van der Waals surface area contributed by atoms with Crippen LogP contribution < -0.4 is 0 Å². The topological polar surface area (TPSA) is 138 Å². The quantitative estimate of drug-likeness (QED) is 0.498. The molecule has 0 unspecified atom stereocenters. The second kappa shape index (κ2) is 6.27. The number of hydrogen-bond donors (Lipinski definition) is 2. The summed E-state index contributed by atoms with van der Waals surface area (Å²) < 4.78 is 31.6. The van der Waals surface area contributed by atoms with Crippen molar-refractivity contribution in [1.82, 2.24) is 5.06 Å². The number of imide groups is 1. The third-order valence-corrected chi connectivity index (χ3v) is 1.49. The maximum atomic E-state index is 10.9. The van der Waals surface area contributed by atoms with Gasteiger partial charge in [-0.1, -0.05) is 6.92 Å². The van der Waals surface area contributed by atoms with Crippen molar-refractivity contribution in [2.75, 3.05) is 0 Å². The van der Waals surface area contributed by atoms with Gasteiger partial charge < -0.3 is 4.84 Å². The smallest absolute Gasteiger partial charge is 0.330 e. The lowest BCUT2D eigenvalue weighted by molar-refractivity contribution is -0.197. The predicted molar refractivity (Wildman–Crippen MR) is 51.6 cm³/mol. The highest BCUT2D eigenvalue weighted by Crippen LogP contribution is 2.12. The maximum absolute atomic E-state index is 10.9. The van der Waals surface area contributed by atoms with E-state index in [-0.39, 0.29) is 19.3 Å². The Morgan fingerprint density at radius 3 is 1.94 bits per heavy atom. The molecule has 1 aliphatic heterocycles. The molecule has 2 amide bonds. The lowest BCUT2D eigenvalue weighted by atomic mass is 10.4. The van der Waals surface area contributed by atoms with Crippen molar-refractivity contribution in [2.45, 2.75) is 26.2 Å². The fourth-order valence-corrected chi connectivity index (χ4v) is 0.824. The number of hydroxylamine groups is 2. The number of hydrogen-bond acceptors (Lipinski definition) is 6. The monoisotopic (exact) mass is 269 g/mol. The van der Waals surface area contributed by atoms with E-state index in [1.54, 1.807) is 6.92 Å². The number of carbonyl (C=O) groups is 3. The summed E-state index contributed by atoms with van der Waals surface area (Å²) in [5, 5.41) is 0.547. The van der Waals surface area contributed by atoms with Gasteiger partial charge >= 0.3 is 16.4 Å². The SMILES string of the molecule is CCC(=O)ON1C(=O)CCC1=O.O=S(=O)(O)O. The Kier molecular flexibility index (Phi) is 5.71. The van der Waals surface area contributed by atoms with E-state index in [1.807, 2.05) is 0 Å². The molecule has 0 radical (unpaired) electrons. The van der Waals surface area contributed by atoms with E-state index >= 15 is 0 Å². The van der Waals surface area contributed by atoms with Gasteiger partial charge in [-0.2, -0.15) is 8.42 Å². The molecular formula is C7H11NO8S. The molecule has 0 aliphatic carbocycles. The highest BCUT2D eigenvalue weighted by Gasteiger charge is 2.32. The third kappa shape index (κ3) is 7.38. The zero-order chi connectivity index (χ0) is 13.6. The molecule has 1 saturated heterocycles. The minimum Gasteiger partial charge on any atom is -0.330 e. The van der Waals surface area contributed by atoms with E-state index in [0.29, 0.717) is 5.06 Å². The van der Waals surface area contributed by atoms with Crippen molar-refractivity contribution in [2.24, 2.45) is 0 Å². The van der Waals surface area contributed by atoms with Crippen molar-refractivity contribution >= 4 is 28.2 Å². The standard InChI is InChI=1S/C7H9NO4.H2O4S/c1-2-7(11)12-8-5(9)3-4-6(8)10;1-5(2,3)4/h2-4H2,1H3;(H2,1,2,3,4). The van der Waals surface area contributed by atoms with Crippen LogP contribution in [0.2, 0.25) is 0 Å². The molecule has 1 fully saturated rings. The van der Waals surface area contributed by atoms with Crippen molar-refractivity contribution in [3.8, 4) is 0 Å². The van der Waals surface area contributed by atoms with E-state index in [9.17, 15) is 14.4 Å². The fraction of sp³-hybridized carbons (Fsp3) is 0.571. The van der Waals surface area contributed by atoms with Gasteiger partial charge in [0.2, 0.25) is 0 Å². The molecule has 0 aromatic heterocycles. The van der Waals surface area contributed by atoms with Gasteiger partial charge in [0, 0.05) is 19.3 Å². The van der Waals surface area contributed by atoms with E-state index < -0.39 is 28.2 Å². The Balaban J connectivity index is 0.000000437. The Labute approximate surface area is 96.9 Å². The highest BCUT2D eigenvalue weighted by molar-refractivity contribution is 7.79. The average Bonchev–Trinajstić information content (AvgIpc) is 2.46. The van der Waals surface area contributed by atoms with Gasteiger partial charge in [0.05, 0.1) is 0 Å². The molecule has 98 valence electrons. The number of nitrogens with zero attached hydrogens (tertiary/aromatic N) is 1. The molecule has 1 rings (SSSR count). The molecule has 0 spiro atoms. The third-order valence-electron chi connectivity index (χ3n) is 1.49. The van der Waals surface area contributed by atoms with Crippen molar-refractivity contribution < 1.29 is 36.7 Å². The van der Waals surface area contributed by atoms with Crippen LogP contribution in [0.4, 0.5) is 0 Å². The molecule has 0 atom stereocenters. The van der Waals surface area contributed by atoms with Crippen molar-refractivity contribution in [1.29, 1.82) is 0 Å². The Morgan fingerprint density at radius 2 is 1.65 bits per heavy atom. The van der Waals surface area contributed by atoms with Crippen LogP contribution in [0.15, 0.2) is 0 Å². The lowest BCUT2D eigenvalue weighted by Gasteiger charge is -2.10. The van der Waals surface area contributed by atoms with Gasteiger partial charge in [0.1, 0.15) is 0 Å². The number of amides is 2. The molecule has 0 bridgehead atoms. The number of rotatable bonds is 2. The van der Waals surface area contributed by atoms with Gasteiger partial charge in [-0.25, -0.2) is 4.79 Å². The van der Waals surface area contributed by atoms with Crippen LogP contribution in [0, 0.1) is 0 Å². The molecule has 0 saturated carbocycles. The van der Waals surface area contributed by atoms with Crippen LogP contribution in [0.3, 0.4) is 0 Å². The Hall–Kier alpha value is -1.52. The summed E-state index contributed by atoms with van der Waals surface area (Å²) >= 11 is 0. The first kappa shape index (κ1) is 15.5. The fourth-order valence-electron chi connectivity index (χ4n) is 0.824. The van der Waals surface area contributed by atoms with E-state index in [0.717, 1.165) is 0 Å². The molecule has 0 aromatic carbocycles. The first-order chi connectivity index (χ1) is 7.65. The summed E-state index contributed by atoms with van der Waals surface area (Å²) in [6.45, 7) is 1.59. The van der Waals surface area contributed by atoms with Gasteiger partial charge in [-0.05, 0) is 0 Å². The summed E-state index contributed by atoms with van der Waals surface area (Å²) in [6, 6.07) is 0. The zero-order valence-corrected chi connectivity index (χ0v) is 9.64. The molecule has 17 heavy (non-hydrogen) atoms. The average molecular weight is 269 g/mol. The van der Waals surface area contributed by atoms with E-state index in [1.165, 1.54) is 0 Å². The first-order valence-electron chi connectivity index (χ1n) is 4.41. The second-order valence-corrected chi connectivity index (χ2v) is 3.74. The minimum absolute atomic E-state index is 0.135. The van der Waals surface area contributed by atoms with Crippen molar-refractivity contribution in [3.63, 3.8) is 0 Å². The summed E-state index contributed by atoms with van der Waals surface area (Å²) in [4.78, 5) is 36.9. The van der Waals surface area contributed by atoms with E-state index in [4.69, 9.17) is 17.5 Å². The van der Waals surface area contributed by atoms with Gasteiger partial charge in [0.15, 0.2) is 0 Å². The van der Waals surface area contributed by atoms with Crippen LogP contribution in [0.5, 0.6) is 0 Å². The molecule has 10 heteroatoms. The Bertz CT molecular complexity index is 390. The molecule has 9 nitrogen and oxygen atoms in total. The largest absolute Gasteiger partial charge is 0.394 e. The van der Waals surface area contributed by atoms with Crippen LogP contribution in [0.1, 0.15) is 26.2 Å². The van der Waals surface area contributed by atoms with Gasteiger partial charge in [-0.15, -0.1) is 5.06 Å². The van der Waals surface area contributed by atoms with Gasteiger partial charge in [-0.3, -0.25) is 18.7 Å². The normalized spacial score (nSPS) is 15.4. The first-order valence-corrected chi connectivity index (χ1v) is 5.81. The summed E-state index contributed by atoms with van der Waals surface area (Å²) in [5.74, 6) is -1.46. The lowest BCUT2D eigenvalue weighted by Crippen LogP contribution is -2.31. The van der Waals surface area contributed by atoms with Crippen LogP contribution >= 0.6 is 0 Å². The molecular weight excluding hydrogens is 258 g/mol. The minimum atomic E-state index is -4.67. The van der Waals surface area contributed by atoms with Crippen LogP contribution in [-0.2, 0) is 29.6 Å². The highest BCUT2D eigenvalue weighted by atomic mass is 32.3. The summed E-state index contributed by atoms with van der Waals surface area (Å²) in [7, 11) is -4.67. The van der Waals surface area contributed by atoms with Crippen LogP contribution in [-0.4, -0.2) is 40.4 Å². The van der Waals surface area contributed by atoms with Crippen molar-refractivity contribution in [3.05, 3.63) is 0 Å². The summed E-state index contributed by atoms with van der Waals surface area (Å²) in [6.07, 6.45) is 0.419. The number of carbonyl (C=O) groups excluding carboxylic acids is 3. The maximum Gasteiger partial charge on any atom is 0.394 e. The molecule has 2 N–H and O–H groups in total. The molecule has 1 heterocycles. The molecule has 1 aliphatic rings. The van der Waals surface area contributed by atoms with Gasteiger partial charge in [0.25, 0.3) is 11.8 Å². The second-order valence-electron chi connectivity index (χ2n) is 2.85. The summed E-state index contributed by atoms with van der Waals surface area (Å²) in [5.41, 5.74) is 0. The molecule has 0 aromatic rings. The zero-order valence-electron chi connectivity index (χ0n) is 8.82. The van der Waals surface area contributed by atoms with Crippen LogP contribution in [0.25, 0.3) is 0 Å². The predicted octanol–water partition coefficient (Wildman–Crippen LogP) is -0.649. The van der Waals surface area contributed by atoms with E-state index in [2.05, 4.69) is 4.84 Å². The Morgan fingerprint density at radius 1 is 1.29 bits per heavy atom.